The van der Waals surface area contributed by atoms with Gasteiger partial charge in [0.1, 0.15) is 11.5 Å². The Morgan fingerprint density at radius 1 is 0.258 bits per heavy atom. The van der Waals surface area contributed by atoms with Gasteiger partial charge in [0, 0.05) is 0 Å². The van der Waals surface area contributed by atoms with Crippen molar-refractivity contribution in [1.82, 2.24) is 0 Å². The Morgan fingerprint density at radius 2 is 0.561 bits per heavy atom. The summed E-state index contributed by atoms with van der Waals surface area (Å²) in [7, 11) is 0. The van der Waals surface area contributed by atoms with Gasteiger partial charge in [-0.3, -0.25) is 0 Å². The third-order valence-electron chi connectivity index (χ3n) is 11.4. The molecule has 0 saturated heterocycles. The molecule has 0 aliphatic heterocycles. The zero-order valence-corrected chi connectivity index (χ0v) is 38.6. The summed E-state index contributed by atoms with van der Waals surface area (Å²) in [6, 6.07) is 86.3. The highest BCUT2D eigenvalue weighted by Crippen LogP contribution is 2.22. The molecule has 9 aromatic rings. The standard InChI is InChI=1S/C12H10O.C12H10.C10H12.C10H8.C9H8.C6H12.C6H6/c1-3-7-11(8-4-1)13-12-9-5-2-6-10-12;1-3-7-11(8-4-1)12-9-5-2-6-10-12;2*1-2-6-10-8-4-3-7-9(10)5-1;1-2-5-9-7-3-6-8(9)4-1;2*1-2-4-6-5-3-1/h1-10H;1-10H;1-2,5-6H,3-4,7-8H2;1-8H;1-6H,7H2;1-6H2;1-6H. The van der Waals surface area contributed by atoms with Crippen LogP contribution in [-0.4, -0.2) is 0 Å². The molecule has 1 fully saturated rings. The fourth-order valence-electron chi connectivity index (χ4n) is 7.82. The van der Waals surface area contributed by atoms with Gasteiger partial charge in [0.05, 0.1) is 0 Å². The van der Waals surface area contributed by atoms with E-state index in [1.54, 1.807) is 11.1 Å². The van der Waals surface area contributed by atoms with Gasteiger partial charge in [-0.15, -0.1) is 0 Å². The highest BCUT2D eigenvalue weighted by molar-refractivity contribution is 5.82. The molecule has 1 heteroatoms. The van der Waals surface area contributed by atoms with Crippen LogP contribution in [0.4, 0.5) is 0 Å². The summed E-state index contributed by atoms with van der Waals surface area (Å²) < 4.78 is 5.58. The minimum Gasteiger partial charge on any atom is -0.457 e. The minimum atomic E-state index is 0.869. The highest BCUT2D eigenvalue weighted by Gasteiger charge is 2.06. The Hall–Kier alpha value is -7.22. The quantitative estimate of drug-likeness (QED) is 0.172. The molecule has 0 amide bonds. The lowest BCUT2D eigenvalue weighted by molar-refractivity contribution is 0.482. The topological polar surface area (TPSA) is 9.23 Å². The van der Waals surface area contributed by atoms with E-state index >= 15 is 0 Å². The summed E-state index contributed by atoms with van der Waals surface area (Å²) in [6.07, 6.45) is 19.9. The zero-order chi connectivity index (χ0) is 45.4. The smallest absolute Gasteiger partial charge is 0.127 e. The van der Waals surface area contributed by atoms with Gasteiger partial charge in [-0.05, 0) is 101 Å². The van der Waals surface area contributed by atoms with Crippen molar-refractivity contribution in [3.8, 4) is 22.6 Å². The number of para-hydroxylation sites is 2. The number of aryl methyl sites for hydroxylation is 2. The molecule has 1 saturated carbocycles. The predicted octanol–water partition coefficient (Wildman–Crippen LogP) is 18.5. The minimum absolute atomic E-state index is 0.869. The van der Waals surface area contributed by atoms with Gasteiger partial charge in [-0.25, -0.2) is 0 Å². The van der Waals surface area contributed by atoms with Crippen LogP contribution in [0.2, 0.25) is 0 Å². The summed E-state index contributed by atoms with van der Waals surface area (Å²) in [5.74, 6) is 1.74. The number of fused-ring (bicyclic) bond motifs is 3. The molecule has 3 aliphatic rings. The second-order valence-electron chi connectivity index (χ2n) is 16.4. The summed E-state index contributed by atoms with van der Waals surface area (Å²) in [5.41, 5.74) is 8.55. The molecule has 332 valence electrons. The predicted molar refractivity (Wildman–Crippen MR) is 285 cm³/mol. The molecule has 66 heavy (non-hydrogen) atoms. The Balaban J connectivity index is 0.000000129. The second kappa shape index (κ2) is 30.0. The highest BCUT2D eigenvalue weighted by atomic mass is 16.5. The van der Waals surface area contributed by atoms with E-state index in [0.29, 0.717) is 0 Å². The van der Waals surface area contributed by atoms with Crippen molar-refractivity contribution < 1.29 is 4.74 Å². The van der Waals surface area contributed by atoms with Crippen LogP contribution in [0.15, 0.2) is 261 Å². The zero-order valence-electron chi connectivity index (χ0n) is 38.6. The maximum absolute atomic E-state index is 5.58. The van der Waals surface area contributed by atoms with Crippen molar-refractivity contribution in [2.75, 3.05) is 0 Å². The van der Waals surface area contributed by atoms with Crippen molar-refractivity contribution >= 4 is 16.8 Å². The van der Waals surface area contributed by atoms with Crippen molar-refractivity contribution in [2.45, 2.75) is 70.6 Å². The molecule has 0 spiro atoms. The fourth-order valence-corrected chi connectivity index (χ4v) is 7.82. The van der Waals surface area contributed by atoms with E-state index < -0.39 is 0 Å². The molecule has 0 atom stereocenters. The monoisotopic (exact) mass is 863 g/mol. The van der Waals surface area contributed by atoms with Crippen molar-refractivity contribution in [1.29, 1.82) is 0 Å². The number of ether oxygens (including phenoxy) is 1. The van der Waals surface area contributed by atoms with Crippen molar-refractivity contribution in [2.24, 2.45) is 0 Å². The Labute approximate surface area is 396 Å². The van der Waals surface area contributed by atoms with E-state index in [-0.39, 0.29) is 0 Å². The number of allylic oxidation sites excluding steroid dienone is 1. The van der Waals surface area contributed by atoms with Gasteiger partial charge in [0.2, 0.25) is 0 Å². The lowest BCUT2D eigenvalue weighted by atomic mass is 9.92. The Kier molecular flexibility index (Phi) is 21.9. The van der Waals surface area contributed by atoms with Crippen LogP contribution >= 0.6 is 0 Å². The van der Waals surface area contributed by atoms with E-state index in [4.69, 9.17) is 4.74 Å². The van der Waals surface area contributed by atoms with Crippen LogP contribution < -0.4 is 4.74 Å². The van der Waals surface area contributed by atoms with Crippen molar-refractivity contribution in [3.05, 3.63) is 283 Å². The summed E-state index contributed by atoms with van der Waals surface area (Å²) in [5, 5.41) is 2.62. The molecule has 3 aliphatic carbocycles. The average Bonchev–Trinajstić information content (AvgIpc) is 3.91. The summed E-state index contributed by atoms with van der Waals surface area (Å²) in [4.78, 5) is 0. The molecular formula is C65H66O. The summed E-state index contributed by atoms with van der Waals surface area (Å²) in [6.45, 7) is 0. The number of rotatable bonds is 3. The molecule has 0 bridgehead atoms. The van der Waals surface area contributed by atoms with E-state index in [1.807, 2.05) is 109 Å². The first kappa shape index (κ1) is 48.2. The van der Waals surface area contributed by atoms with E-state index in [9.17, 15) is 0 Å². The van der Waals surface area contributed by atoms with Gasteiger partial charge in [0.15, 0.2) is 0 Å². The maximum atomic E-state index is 5.58. The normalized spacial score (nSPS) is 12.4. The first-order valence-electron chi connectivity index (χ1n) is 24.0. The van der Waals surface area contributed by atoms with Crippen LogP contribution in [0.25, 0.3) is 28.0 Å². The first-order chi connectivity index (χ1) is 32.8. The Bertz CT molecular complexity index is 2410. The Morgan fingerprint density at radius 3 is 0.939 bits per heavy atom. The lowest BCUT2D eigenvalue weighted by Gasteiger charge is -2.13. The molecule has 0 radical (unpaired) electrons. The molecule has 0 unspecified atom stereocenters. The molecule has 1 nitrogen and oxygen atoms in total. The maximum Gasteiger partial charge on any atom is 0.127 e. The van der Waals surface area contributed by atoms with Gasteiger partial charge in [0.25, 0.3) is 0 Å². The molecule has 9 aromatic carbocycles. The molecule has 0 N–H and O–H groups in total. The first-order valence-corrected chi connectivity index (χ1v) is 24.0. The van der Waals surface area contributed by atoms with Gasteiger partial charge < -0.3 is 4.74 Å². The average molecular weight is 863 g/mol. The third kappa shape index (κ3) is 18.5. The lowest BCUT2D eigenvalue weighted by Crippen LogP contribution is -2.00. The number of benzene rings is 9. The van der Waals surface area contributed by atoms with E-state index in [2.05, 4.69) is 158 Å². The SMILES string of the molecule is C1=Cc2ccccc2C1.C1CCCCC1.c1ccc(-c2ccccc2)cc1.c1ccc(Oc2ccccc2)cc1.c1ccc2c(c1)CCCC2.c1ccc2ccccc2c1.c1ccccc1. The molecule has 0 aromatic heterocycles. The van der Waals surface area contributed by atoms with Crippen LogP contribution in [-0.2, 0) is 19.3 Å². The summed E-state index contributed by atoms with van der Waals surface area (Å²) >= 11 is 0. The van der Waals surface area contributed by atoms with Crippen LogP contribution in [0, 0.1) is 0 Å². The largest absolute Gasteiger partial charge is 0.457 e. The van der Waals surface area contributed by atoms with Crippen LogP contribution in [0.1, 0.15) is 73.6 Å². The third-order valence-corrected chi connectivity index (χ3v) is 11.4. The van der Waals surface area contributed by atoms with E-state index in [0.717, 1.165) is 17.9 Å². The number of hydrogen-bond acceptors (Lipinski definition) is 1. The molecule has 0 heterocycles. The second-order valence-corrected chi connectivity index (χ2v) is 16.4. The van der Waals surface area contributed by atoms with Crippen LogP contribution in [0.5, 0.6) is 11.5 Å². The fraction of sp³-hybridized carbons (Fsp3) is 0.169. The van der Waals surface area contributed by atoms with Crippen molar-refractivity contribution in [3.63, 3.8) is 0 Å². The van der Waals surface area contributed by atoms with Gasteiger partial charge in [-0.1, -0.05) is 281 Å². The molecule has 12 rings (SSSR count). The van der Waals surface area contributed by atoms with Crippen LogP contribution in [0.3, 0.4) is 0 Å². The van der Waals surface area contributed by atoms with Gasteiger partial charge >= 0.3 is 0 Å². The van der Waals surface area contributed by atoms with E-state index in [1.165, 1.54) is 97.2 Å². The number of hydrogen-bond donors (Lipinski definition) is 0. The molecular weight excluding hydrogens is 797 g/mol. The van der Waals surface area contributed by atoms with Gasteiger partial charge in [-0.2, -0.15) is 0 Å².